The molecule has 1 saturated heterocycles. The van der Waals surface area contributed by atoms with Crippen molar-refractivity contribution in [2.24, 2.45) is 23.1 Å². The van der Waals surface area contributed by atoms with Crippen LogP contribution in [0, 0.1) is 5.92 Å². The highest BCUT2D eigenvalue weighted by Gasteiger charge is 2.40. The standard InChI is InChI=1S/C58H87N17O19S/c1-29(2)47(61)56(91)69-35(13-14-46(81)82)49(84)67-34(11-6-7-16-59)48(83)70-37(20-31-23-62-28-65-31)51(86)71-38(21-44(60)79)52(87)73-40(25-76)53(88)68-36(15-18-95-3)50(85)72-41(26-77)54(89)74-42(27-78)57(92)75-17-8-12-43(75)55(90)64-24-45(80)66-39(58(93)94)19-30-22-63-33-10-5-4-9-32(30)33/h4-5,9-10,22-23,28-29,34-43,47,63,76-78H,6-8,11-21,24-27,59,61H2,1-3H3,(H2,60,79)(H,62,65)(H,64,90)(H,66,80)(H,67,84)(H,68,88)(H,69,91)(H,70,83)(H,71,86)(H,72,85)(H,73,87)(H,74,89)(H,81,82)(H,93,94)/t34-,35-,36-,37-,38-,39-,40-,41-,42-,43-,47-/m0/s1. The Labute approximate surface area is 549 Å². The van der Waals surface area contributed by atoms with Gasteiger partial charge >= 0.3 is 11.9 Å². The number of amides is 12. The van der Waals surface area contributed by atoms with Crippen LogP contribution in [0.2, 0.25) is 0 Å². The number of imidazole rings is 1. The van der Waals surface area contributed by atoms with Gasteiger partial charge in [0.2, 0.25) is 70.9 Å². The lowest BCUT2D eigenvalue weighted by Crippen LogP contribution is -2.62. The monoisotopic (exact) mass is 1360 g/mol. The van der Waals surface area contributed by atoms with Crippen LogP contribution in [0.5, 0.6) is 0 Å². The van der Waals surface area contributed by atoms with E-state index in [0.29, 0.717) is 12.0 Å². The van der Waals surface area contributed by atoms with E-state index < -0.39 is 195 Å². The first-order valence-electron chi connectivity index (χ1n) is 30.5. The normalized spacial score (nSPS) is 16.0. The third-order valence-electron chi connectivity index (χ3n) is 15.2. The summed E-state index contributed by atoms with van der Waals surface area (Å²) in [6, 6.07) is -10.1. The number of nitrogens with zero attached hydrogens (tertiary/aromatic N) is 2. The number of benzene rings is 1. The summed E-state index contributed by atoms with van der Waals surface area (Å²) in [4.78, 5) is 197. The van der Waals surface area contributed by atoms with Crippen molar-refractivity contribution in [3.63, 3.8) is 0 Å². The van der Waals surface area contributed by atoms with Crippen molar-refractivity contribution >= 4 is 105 Å². The van der Waals surface area contributed by atoms with Gasteiger partial charge in [-0.25, -0.2) is 9.78 Å². The van der Waals surface area contributed by atoms with E-state index in [2.05, 4.69) is 68.1 Å². The van der Waals surface area contributed by atoms with E-state index in [1.54, 1.807) is 50.6 Å². The number of thioether (sulfide) groups is 1. The SMILES string of the molecule is CSCC[C@H](NC(=O)[C@H](CO)NC(=O)[C@H](CC(N)=O)NC(=O)[C@H](Cc1cnc[nH]1)NC(=O)[C@H](CCCCN)NC(=O)[C@H](CCC(=O)O)NC(=O)[C@@H](N)C(C)C)C(=O)N[C@@H](CO)C(=O)N[C@@H](CO)C(=O)N1CCC[C@H]1C(=O)NCC(=O)N[C@@H](Cc1c[nH]c2ccccc12)C(=O)O. The molecule has 0 aliphatic carbocycles. The average molecular weight is 1360 g/mol. The van der Waals surface area contributed by atoms with E-state index in [4.69, 9.17) is 17.2 Å². The predicted molar refractivity (Wildman–Crippen MR) is 338 cm³/mol. The number of para-hydroxylation sites is 1. The lowest BCUT2D eigenvalue weighted by atomic mass is 10.0. The van der Waals surface area contributed by atoms with E-state index in [1.165, 1.54) is 24.3 Å². The highest BCUT2D eigenvalue weighted by atomic mass is 32.2. The van der Waals surface area contributed by atoms with Crippen molar-refractivity contribution in [3.8, 4) is 0 Å². The third kappa shape index (κ3) is 24.8. The second kappa shape index (κ2) is 39.4. The summed E-state index contributed by atoms with van der Waals surface area (Å²) < 4.78 is 0. The fraction of sp³-hybridized carbons (Fsp3) is 0.569. The largest absolute Gasteiger partial charge is 0.481 e. The maximum Gasteiger partial charge on any atom is 0.326 e. The molecule has 23 N–H and O–H groups in total. The summed E-state index contributed by atoms with van der Waals surface area (Å²) in [5.74, 6) is -15.3. The number of carboxylic acids is 2. The lowest BCUT2D eigenvalue weighted by Gasteiger charge is -2.29. The van der Waals surface area contributed by atoms with Gasteiger partial charge in [-0.15, -0.1) is 0 Å². The number of aromatic amines is 2. The van der Waals surface area contributed by atoms with Gasteiger partial charge in [-0.3, -0.25) is 62.3 Å². The van der Waals surface area contributed by atoms with E-state index in [9.17, 15) is 92.7 Å². The van der Waals surface area contributed by atoms with Gasteiger partial charge in [0.15, 0.2) is 0 Å². The van der Waals surface area contributed by atoms with Gasteiger partial charge in [0, 0.05) is 54.8 Å². The van der Waals surface area contributed by atoms with Crippen molar-refractivity contribution in [1.82, 2.24) is 73.0 Å². The minimum Gasteiger partial charge on any atom is -0.481 e. The molecule has 0 bridgehead atoms. The number of nitrogens with one attached hydrogen (secondary N) is 12. The number of carbonyl (C=O) groups is 14. The van der Waals surface area contributed by atoms with E-state index in [-0.39, 0.29) is 75.4 Å². The number of aromatic nitrogens is 3. The van der Waals surface area contributed by atoms with Crippen LogP contribution < -0.4 is 70.4 Å². The number of hydrogen-bond donors (Lipinski definition) is 20. The summed E-state index contributed by atoms with van der Waals surface area (Å²) in [7, 11) is 0. The molecule has 3 aromatic rings. The minimum absolute atomic E-state index is 0.0376. The molecule has 4 rings (SSSR count). The van der Waals surface area contributed by atoms with Crippen molar-refractivity contribution in [1.29, 1.82) is 0 Å². The zero-order chi connectivity index (χ0) is 70.5. The van der Waals surface area contributed by atoms with E-state index in [0.717, 1.165) is 15.8 Å². The summed E-state index contributed by atoms with van der Waals surface area (Å²) in [5, 5.41) is 74.5. The number of rotatable bonds is 42. The zero-order valence-electron chi connectivity index (χ0n) is 52.7. The topological polar surface area (TPSA) is 586 Å². The van der Waals surface area contributed by atoms with Crippen LogP contribution in [0.4, 0.5) is 0 Å². The first-order valence-corrected chi connectivity index (χ1v) is 31.9. The molecule has 12 amide bonds. The molecule has 36 nitrogen and oxygen atoms in total. The van der Waals surface area contributed by atoms with E-state index >= 15 is 0 Å². The molecule has 0 saturated carbocycles. The first-order chi connectivity index (χ1) is 45.2. The quantitative estimate of drug-likeness (QED) is 0.0234. The van der Waals surface area contributed by atoms with E-state index in [1.807, 2.05) is 0 Å². The number of hydrogen-bond acceptors (Lipinski definition) is 21. The predicted octanol–water partition coefficient (Wildman–Crippen LogP) is -7.19. The number of H-pyrrole nitrogens is 2. The number of aliphatic carboxylic acids is 2. The number of fused-ring (bicyclic) bond motifs is 1. The number of primary amides is 1. The van der Waals surface area contributed by atoms with Crippen LogP contribution in [-0.4, -0.2) is 246 Å². The Hall–Kier alpha value is -9.30. The second-order valence-electron chi connectivity index (χ2n) is 22.7. The fourth-order valence-electron chi connectivity index (χ4n) is 9.84. The Morgan fingerprint density at radius 1 is 0.653 bits per heavy atom. The number of unbranched alkanes of at least 4 members (excludes halogenated alkanes) is 1. The van der Waals surface area contributed by atoms with Gasteiger partial charge in [0.1, 0.15) is 60.4 Å². The number of carbonyl (C=O) groups excluding carboxylic acids is 12. The van der Waals surface area contributed by atoms with Crippen molar-refractivity contribution < 1.29 is 92.7 Å². The molecule has 0 unspecified atom stereocenters. The Morgan fingerprint density at radius 2 is 1.19 bits per heavy atom. The van der Waals surface area contributed by atoms with Crippen LogP contribution in [0.1, 0.15) is 82.9 Å². The van der Waals surface area contributed by atoms with Crippen LogP contribution in [0.15, 0.2) is 43.0 Å². The van der Waals surface area contributed by atoms with Crippen LogP contribution in [0.3, 0.4) is 0 Å². The summed E-state index contributed by atoms with van der Waals surface area (Å²) in [6.45, 7) is -0.559. The van der Waals surface area contributed by atoms with Gasteiger partial charge in [-0.1, -0.05) is 32.0 Å². The van der Waals surface area contributed by atoms with Gasteiger partial charge in [-0.2, -0.15) is 11.8 Å². The second-order valence-corrected chi connectivity index (χ2v) is 23.7. The molecule has 0 spiro atoms. The van der Waals surface area contributed by atoms with Gasteiger partial charge in [-0.05, 0) is 81.0 Å². The van der Waals surface area contributed by atoms with Crippen LogP contribution in [-0.2, 0) is 80.0 Å². The first kappa shape index (κ1) is 78.1. The molecule has 37 heteroatoms. The van der Waals surface area contributed by atoms with Crippen LogP contribution >= 0.6 is 11.8 Å². The summed E-state index contributed by atoms with van der Waals surface area (Å²) in [5.41, 5.74) is 18.8. The third-order valence-corrected chi connectivity index (χ3v) is 15.8. The smallest absolute Gasteiger partial charge is 0.326 e. The van der Waals surface area contributed by atoms with Gasteiger partial charge in [0.05, 0.1) is 45.2 Å². The summed E-state index contributed by atoms with van der Waals surface area (Å²) >= 11 is 1.21. The van der Waals surface area contributed by atoms with Crippen molar-refractivity contribution in [2.75, 3.05) is 51.5 Å². The fourth-order valence-corrected chi connectivity index (χ4v) is 10.3. The molecule has 524 valence electrons. The number of nitrogens with two attached hydrogens (primary N) is 3. The minimum atomic E-state index is -1.93. The molecule has 1 fully saturated rings. The Kier molecular flexibility index (Phi) is 32.4. The highest BCUT2D eigenvalue weighted by molar-refractivity contribution is 7.98. The number of aliphatic hydroxyl groups excluding tert-OH is 3. The van der Waals surface area contributed by atoms with Crippen LogP contribution in [0.25, 0.3) is 10.9 Å². The number of aliphatic hydroxyl groups is 3. The number of carboxylic acid groups (broad SMARTS) is 2. The maximum atomic E-state index is 14.2. The molecule has 1 aliphatic rings. The maximum absolute atomic E-state index is 14.2. The lowest BCUT2D eigenvalue weighted by molar-refractivity contribution is -0.143. The Balaban J connectivity index is 1.42. The average Bonchev–Trinajstić information content (AvgIpc) is 1.76. The highest BCUT2D eigenvalue weighted by Crippen LogP contribution is 2.21. The molecule has 1 aliphatic heterocycles. The molecule has 0 radical (unpaired) electrons. The van der Waals surface area contributed by atoms with Gasteiger partial charge < -0.3 is 111 Å². The molecular weight excluding hydrogens is 1270 g/mol. The zero-order valence-corrected chi connectivity index (χ0v) is 53.5. The van der Waals surface area contributed by atoms with Crippen molar-refractivity contribution in [3.05, 3.63) is 54.2 Å². The summed E-state index contributed by atoms with van der Waals surface area (Å²) in [6.07, 6.45) is 4.16. The molecular formula is C58H87N17O19S. The molecule has 2 aromatic heterocycles. The molecule has 3 heterocycles. The molecule has 95 heavy (non-hydrogen) atoms. The molecule has 1 aromatic carbocycles. The number of likely N-dealkylation sites (tertiary alicyclic amines) is 1. The Bertz CT molecular complexity index is 3150. The van der Waals surface area contributed by atoms with Crippen molar-refractivity contribution in [2.45, 2.75) is 151 Å². The van der Waals surface area contributed by atoms with Gasteiger partial charge in [0.25, 0.3) is 0 Å². The Morgan fingerprint density at radius 3 is 1.75 bits per heavy atom. The molecule has 11 atom stereocenters.